The van der Waals surface area contributed by atoms with E-state index < -0.39 is 0 Å². The lowest BCUT2D eigenvalue weighted by Gasteiger charge is -2.27. The zero-order valence-electron chi connectivity index (χ0n) is 28.2. The summed E-state index contributed by atoms with van der Waals surface area (Å²) < 4.78 is 7.41. The highest BCUT2D eigenvalue weighted by molar-refractivity contribution is 6.98. The molecular formula is C48H30BN3. The summed E-state index contributed by atoms with van der Waals surface area (Å²) >= 11 is 0. The van der Waals surface area contributed by atoms with Gasteiger partial charge in [-0.1, -0.05) is 133 Å². The molecule has 0 spiro atoms. The van der Waals surface area contributed by atoms with Crippen LogP contribution in [0, 0.1) is 0 Å². The SMILES string of the molecule is c1ccc2c(c1)B(c1ccc(-n3c4ccccc4c4ccccc43)cc1)c1ccc(-n3c4ccccc4c4ccccc43)c3c4ccccc4n-2c13. The fraction of sp³-hybridized carbons (Fsp3) is 0. The second-order valence-electron chi connectivity index (χ2n) is 14.1. The third-order valence-electron chi connectivity index (χ3n) is 11.5. The molecule has 11 aromatic rings. The van der Waals surface area contributed by atoms with Crippen LogP contribution in [0.25, 0.3) is 82.5 Å². The fourth-order valence-corrected chi connectivity index (χ4v) is 9.43. The first-order valence-corrected chi connectivity index (χ1v) is 18.1. The van der Waals surface area contributed by atoms with Crippen molar-refractivity contribution < 1.29 is 0 Å². The summed E-state index contributed by atoms with van der Waals surface area (Å²) in [5, 5.41) is 7.67. The van der Waals surface area contributed by atoms with Crippen LogP contribution in [-0.4, -0.2) is 20.4 Å². The molecule has 1 aliphatic rings. The lowest BCUT2D eigenvalue weighted by Crippen LogP contribution is -2.55. The molecule has 12 rings (SSSR count). The maximum absolute atomic E-state index is 2.52. The second kappa shape index (κ2) is 10.4. The number of benzene rings is 8. The average Bonchev–Trinajstić information content (AvgIpc) is 3.86. The molecule has 3 nitrogen and oxygen atoms in total. The second-order valence-corrected chi connectivity index (χ2v) is 14.1. The van der Waals surface area contributed by atoms with E-state index in [1.807, 2.05) is 0 Å². The molecule has 0 radical (unpaired) electrons. The van der Waals surface area contributed by atoms with Crippen LogP contribution in [0.4, 0.5) is 0 Å². The van der Waals surface area contributed by atoms with Crippen LogP contribution in [0.2, 0.25) is 0 Å². The van der Waals surface area contributed by atoms with Crippen molar-refractivity contribution >= 4 is 88.5 Å². The summed E-state index contributed by atoms with van der Waals surface area (Å²) in [7, 11) is 0. The molecule has 0 amide bonds. The van der Waals surface area contributed by atoms with Crippen molar-refractivity contribution in [2.45, 2.75) is 0 Å². The van der Waals surface area contributed by atoms with Gasteiger partial charge >= 0.3 is 0 Å². The summed E-state index contributed by atoms with van der Waals surface area (Å²) in [5.74, 6) is 0. The number of nitrogens with zero attached hydrogens (tertiary/aromatic N) is 3. The van der Waals surface area contributed by atoms with Gasteiger partial charge in [-0.2, -0.15) is 0 Å². The molecule has 0 N–H and O–H groups in total. The van der Waals surface area contributed by atoms with Crippen molar-refractivity contribution in [2.75, 3.05) is 0 Å². The number of hydrogen-bond donors (Lipinski definition) is 0. The van der Waals surface area contributed by atoms with Gasteiger partial charge in [-0.05, 0) is 65.5 Å². The van der Waals surface area contributed by atoms with Crippen LogP contribution < -0.4 is 16.4 Å². The Hall–Kier alpha value is -6.78. The highest BCUT2D eigenvalue weighted by Gasteiger charge is 2.34. The van der Waals surface area contributed by atoms with E-state index in [-0.39, 0.29) is 6.71 Å². The van der Waals surface area contributed by atoms with Gasteiger partial charge in [0.25, 0.3) is 0 Å². The van der Waals surface area contributed by atoms with Gasteiger partial charge in [-0.3, -0.25) is 0 Å². The minimum absolute atomic E-state index is 0.0786. The van der Waals surface area contributed by atoms with Gasteiger partial charge in [-0.25, -0.2) is 0 Å². The molecule has 0 saturated carbocycles. The molecule has 3 aromatic heterocycles. The minimum atomic E-state index is 0.0786. The van der Waals surface area contributed by atoms with Crippen molar-refractivity contribution in [1.29, 1.82) is 0 Å². The van der Waals surface area contributed by atoms with Gasteiger partial charge in [0.05, 0.1) is 38.8 Å². The Morgan fingerprint density at radius 2 is 0.769 bits per heavy atom. The van der Waals surface area contributed by atoms with Crippen molar-refractivity contribution in [3.8, 4) is 17.1 Å². The first-order chi connectivity index (χ1) is 25.8. The van der Waals surface area contributed by atoms with Crippen LogP contribution in [0.5, 0.6) is 0 Å². The lowest BCUT2D eigenvalue weighted by molar-refractivity contribution is 1.17. The molecule has 4 heteroatoms. The maximum Gasteiger partial charge on any atom is 0.246 e. The highest BCUT2D eigenvalue weighted by Crippen LogP contribution is 2.40. The van der Waals surface area contributed by atoms with E-state index in [0.717, 1.165) is 0 Å². The molecule has 0 fully saturated rings. The molecule has 52 heavy (non-hydrogen) atoms. The zero-order chi connectivity index (χ0) is 33.9. The van der Waals surface area contributed by atoms with Crippen molar-refractivity contribution in [3.63, 3.8) is 0 Å². The van der Waals surface area contributed by atoms with Crippen LogP contribution in [0.3, 0.4) is 0 Å². The summed E-state index contributed by atoms with van der Waals surface area (Å²) in [6.07, 6.45) is 0. The fourth-order valence-electron chi connectivity index (χ4n) is 9.43. The number of rotatable bonds is 3. The Morgan fingerprint density at radius 3 is 1.35 bits per heavy atom. The average molecular weight is 660 g/mol. The quantitative estimate of drug-likeness (QED) is 0.168. The third kappa shape index (κ3) is 3.60. The van der Waals surface area contributed by atoms with E-state index in [0.29, 0.717) is 0 Å². The topological polar surface area (TPSA) is 14.8 Å². The van der Waals surface area contributed by atoms with Gasteiger partial charge in [0, 0.05) is 43.7 Å². The highest BCUT2D eigenvalue weighted by atomic mass is 15.0. The maximum atomic E-state index is 2.52. The summed E-state index contributed by atoms with van der Waals surface area (Å²) in [6, 6.07) is 67.2. The molecule has 8 aromatic carbocycles. The predicted molar refractivity (Wildman–Crippen MR) is 221 cm³/mol. The standard InChI is InChI=1S/C48H30BN3/c1-7-19-40-33(13-1)34-14-2-8-20-41(34)50(40)32-27-25-31(26-28-32)49-38-18-6-12-24-45(38)52-44-23-11-5-17-37(44)47-46(30-29-39(49)48(47)52)51-42-21-9-3-15-35(42)36-16-4-10-22-43(36)51/h1-30H. The largest absolute Gasteiger partial charge is 0.310 e. The van der Waals surface area contributed by atoms with Crippen LogP contribution in [-0.2, 0) is 0 Å². The zero-order valence-corrected chi connectivity index (χ0v) is 28.2. The van der Waals surface area contributed by atoms with Crippen molar-refractivity contribution in [3.05, 3.63) is 182 Å². The van der Waals surface area contributed by atoms with E-state index in [9.17, 15) is 0 Å². The lowest BCUT2D eigenvalue weighted by atomic mass is 9.35. The van der Waals surface area contributed by atoms with E-state index in [1.165, 1.54) is 98.9 Å². The Morgan fingerprint density at radius 1 is 0.308 bits per heavy atom. The molecule has 0 aliphatic carbocycles. The van der Waals surface area contributed by atoms with E-state index in [4.69, 9.17) is 0 Å². The number of fused-ring (bicyclic) bond motifs is 11. The first kappa shape index (κ1) is 28.0. The number of aromatic nitrogens is 3. The molecule has 240 valence electrons. The molecule has 0 unspecified atom stereocenters. The Bertz CT molecular complexity index is 3140. The van der Waals surface area contributed by atoms with Gasteiger partial charge in [0.2, 0.25) is 6.71 Å². The Labute approximate surface area is 300 Å². The monoisotopic (exact) mass is 659 g/mol. The Kier molecular flexibility index (Phi) is 5.58. The van der Waals surface area contributed by atoms with Crippen LogP contribution in [0.1, 0.15) is 0 Å². The van der Waals surface area contributed by atoms with Crippen molar-refractivity contribution in [1.82, 2.24) is 13.7 Å². The minimum Gasteiger partial charge on any atom is -0.310 e. The molecule has 0 saturated heterocycles. The van der Waals surface area contributed by atoms with E-state index in [1.54, 1.807) is 0 Å². The molecule has 1 aliphatic heterocycles. The van der Waals surface area contributed by atoms with E-state index in [2.05, 4.69) is 196 Å². The normalized spacial score (nSPS) is 12.6. The molecule has 0 bridgehead atoms. The third-order valence-corrected chi connectivity index (χ3v) is 11.5. The smallest absolute Gasteiger partial charge is 0.246 e. The number of hydrogen-bond acceptors (Lipinski definition) is 0. The summed E-state index contributed by atoms with van der Waals surface area (Å²) in [5.41, 5.74) is 15.0. The Balaban J connectivity index is 1.13. The van der Waals surface area contributed by atoms with Crippen LogP contribution in [0.15, 0.2) is 182 Å². The van der Waals surface area contributed by atoms with Gasteiger partial charge in [-0.15, -0.1) is 0 Å². The van der Waals surface area contributed by atoms with Gasteiger partial charge in [0.1, 0.15) is 0 Å². The number of para-hydroxylation sites is 6. The van der Waals surface area contributed by atoms with E-state index >= 15 is 0 Å². The molecule has 0 atom stereocenters. The van der Waals surface area contributed by atoms with Gasteiger partial charge < -0.3 is 13.7 Å². The molecular weight excluding hydrogens is 629 g/mol. The first-order valence-electron chi connectivity index (χ1n) is 18.1. The predicted octanol–water partition coefficient (Wildman–Crippen LogP) is 9.81. The van der Waals surface area contributed by atoms with Crippen LogP contribution >= 0.6 is 0 Å². The van der Waals surface area contributed by atoms with Crippen molar-refractivity contribution in [2.24, 2.45) is 0 Å². The van der Waals surface area contributed by atoms with Gasteiger partial charge in [0.15, 0.2) is 0 Å². The summed E-state index contributed by atoms with van der Waals surface area (Å²) in [6.45, 7) is 0.0786. The summed E-state index contributed by atoms with van der Waals surface area (Å²) in [4.78, 5) is 0. The molecule has 4 heterocycles.